The van der Waals surface area contributed by atoms with Gasteiger partial charge in [0.05, 0.1) is 10.7 Å². The highest BCUT2D eigenvalue weighted by Gasteiger charge is 2.27. The Morgan fingerprint density at radius 2 is 1.71 bits per heavy atom. The largest absolute Gasteiger partial charge is 0.339 e. The molecule has 1 fully saturated rings. The van der Waals surface area contributed by atoms with Crippen LogP contribution in [-0.4, -0.2) is 65.4 Å². The first kappa shape index (κ1) is 24.0. The van der Waals surface area contributed by atoms with E-state index in [9.17, 15) is 18.5 Å². The molecule has 1 aliphatic heterocycles. The zero-order valence-corrected chi connectivity index (χ0v) is 19.8. The molecule has 2 heterocycles. The summed E-state index contributed by atoms with van der Waals surface area (Å²) in [5.74, 6) is 1.02. The standard InChI is InChI=1S/C23H27N5O5S/c1-18-4-8-20(9-5-18)23-24-22(33-25-23)3-2-12-26-13-15-27(16-14-26)34(31,32)17-19-6-10-21(11-7-19)28(29)30/h4-11H,2-3,12-17H2,1H3. The average Bonchev–Trinajstić information content (AvgIpc) is 3.29. The van der Waals surface area contributed by atoms with Crippen molar-refractivity contribution in [3.8, 4) is 11.4 Å². The summed E-state index contributed by atoms with van der Waals surface area (Å²) < 4.78 is 32.4. The molecule has 3 aromatic rings. The smallest absolute Gasteiger partial charge is 0.269 e. The van der Waals surface area contributed by atoms with Crippen molar-refractivity contribution in [3.63, 3.8) is 0 Å². The highest BCUT2D eigenvalue weighted by atomic mass is 32.2. The van der Waals surface area contributed by atoms with Crippen molar-refractivity contribution in [1.29, 1.82) is 0 Å². The number of piperazine rings is 1. The van der Waals surface area contributed by atoms with Crippen molar-refractivity contribution in [2.24, 2.45) is 0 Å². The summed E-state index contributed by atoms with van der Waals surface area (Å²) in [6.07, 6.45) is 1.50. The molecular weight excluding hydrogens is 458 g/mol. The Morgan fingerprint density at radius 3 is 2.35 bits per heavy atom. The van der Waals surface area contributed by atoms with Crippen LogP contribution < -0.4 is 0 Å². The van der Waals surface area contributed by atoms with Crippen molar-refractivity contribution in [2.75, 3.05) is 32.7 Å². The first-order valence-corrected chi connectivity index (χ1v) is 12.7. The lowest BCUT2D eigenvalue weighted by Crippen LogP contribution is -2.49. The Hall–Kier alpha value is -3.15. The number of benzene rings is 2. The van der Waals surface area contributed by atoms with E-state index in [2.05, 4.69) is 15.0 Å². The van der Waals surface area contributed by atoms with Gasteiger partial charge in [0, 0.05) is 50.3 Å². The predicted octanol–water partition coefficient (Wildman–Crippen LogP) is 3.03. The maximum Gasteiger partial charge on any atom is 0.269 e. The molecule has 11 heteroatoms. The highest BCUT2D eigenvalue weighted by Crippen LogP contribution is 2.19. The van der Waals surface area contributed by atoms with Crippen LogP contribution in [0.1, 0.15) is 23.4 Å². The molecule has 1 aliphatic rings. The van der Waals surface area contributed by atoms with Gasteiger partial charge in [-0.2, -0.15) is 9.29 Å². The van der Waals surface area contributed by atoms with E-state index < -0.39 is 14.9 Å². The van der Waals surface area contributed by atoms with Crippen LogP contribution >= 0.6 is 0 Å². The number of rotatable bonds is 9. The molecule has 4 rings (SSSR count). The summed E-state index contributed by atoms with van der Waals surface area (Å²) in [5.41, 5.74) is 2.58. The summed E-state index contributed by atoms with van der Waals surface area (Å²) >= 11 is 0. The first-order valence-electron chi connectivity index (χ1n) is 11.1. The lowest BCUT2D eigenvalue weighted by molar-refractivity contribution is -0.384. The minimum atomic E-state index is -3.48. The number of aryl methyl sites for hydroxylation is 2. The minimum Gasteiger partial charge on any atom is -0.339 e. The molecule has 2 aromatic carbocycles. The van der Waals surface area contributed by atoms with Gasteiger partial charge in [-0.15, -0.1) is 0 Å². The van der Waals surface area contributed by atoms with E-state index in [1.54, 1.807) is 0 Å². The summed E-state index contributed by atoms with van der Waals surface area (Å²) in [5, 5.41) is 14.8. The average molecular weight is 486 g/mol. The summed E-state index contributed by atoms with van der Waals surface area (Å²) in [6.45, 7) is 4.99. The van der Waals surface area contributed by atoms with Crippen LogP contribution in [0.2, 0.25) is 0 Å². The Kier molecular flexibility index (Phi) is 7.35. The van der Waals surface area contributed by atoms with Gasteiger partial charge in [0.25, 0.3) is 5.69 Å². The van der Waals surface area contributed by atoms with Crippen LogP contribution in [0.15, 0.2) is 53.1 Å². The molecule has 0 spiro atoms. The quantitative estimate of drug-likeness (QED) is 0.335. The zero-order chi connectivity index (χ0) is 24.1. The van der Waals surface area contributed by atoms with Gasteiger partial charge in [0.15, 0.2) is 0 Å². The Bertz CT molecular complexity index is 1220. The maximum absolute atomic E-state index is 12.8. The molecule has 1 aromatic heterocycles. The Morgan fingerprint density at radius 1 is 1.03 bits per heavy atom. The SMILES string of the molecule is Cc1ccc(-c2noc(CCCN3CCN(S(=O)(=O)Cc4ccc([N+](=O)[O-])cc4)CC3)n2)cc1. The molecule has 0 aliphatic carbocycles. The van der Waals surface area contributed by atoms with Crippen LogP contribution in [-0.2, 0) is 22.2 Å². The van der Waals surface area contributed by atoms with Crippen LogP contribution in [0, 0.1) is 17.0 Å². The molecule has 180 valence electrons. The van der Waals surface area contributed by atoms with Gasteiger partial charge in [-0.1, -0.05) is 47.1 Å². The molecular formula is C23H27N5O5S. The van der Waals surface area contributed by atoms with E-state index in [1.165, 1.54) is 34.1 Å². The second-order valence-electron chi connectivity index (χ2n) is 8.40. The highest BCUT2D eigenvalue weighted by molar-refractivity contribution is 7.88. The number of nitro groups is 1. The molecule has 0 bridgehead atoms. The van der Waals surface area contributed by atoms with Gasteiger partial charge in [-0.25, -0.2) is 8.42 Å². The molecule has 10 nitrogen and oxygen atoms in total. The van der Waals surface area contributed by atoms with E-state index in [1.807, 2.05) is 31.2 Å². The second kappa shape index (κ2) is 10.4. The summed E-state index contributed by atoms with van der Waals surface area (Å²) in [6, 6.07) is 13.6. The van der Waals surface area contributed by atoms with Crippen molar-refractivity contribution in [3.05, 3.63) is 75.7 Å². The van der Waals surface area contributed by atoms with Crippen LogP contribution in [0.5, 0.6) is 0 Å². The minimum absolute atomic E-state index is 0.0540. The third-order valence-corrected chi connectivity index (χ3v) is 7.71. The molecule has 0 amide bonds. The normalized spacial score (nSPS) is 15.4. The van der Waals surface area contributed by atoms with Gasteiger partial charge >= 0.3 is 0 Å². The van der Waals surface area contributed by atoms with Crippen LogP contribution in [0.4, 0.5) is 5.69 Å². The van der Waals surface area contributed by atoms with Crippen molar-refractivity contribution in [2.45, 2.75) is 25.5 Å². The first-order chi connectivity index (χ1) is 16.3. The van der Waals surface area contributed by atoms with E-state index in [0.29, 0.717) is 49.9 Å². The van der Waals surface area contributed by atoms with Gasteiger partial charge in [0.1, 0.15) is 0 Å². The van der Waals surface area contributed by atoms with Gasteiger partial charge in [-0.3, -0.25) is 10.1 Å². The van der Waals surface area contributed by atoms with E-state index in [4.69, 9.17) is 4.52 Å². The number of non-ortho nitro benzene ring substituents is 1. The maximum atomic E-state index is 12.8. The fourth-order valence-electron chi connectivity index (χ4n) is 3.88. The number of hydrogen-bond acceptors (Lipinski definition) is 8. The molecule has 34 heavy (non-hydrogen) atoms. The van der Waals surface area contributed by atoms with Crippen LogP contribution in [0.3, 0.4) is 0 Å². The number of sulfonamides is 1. The second-order valence-corrected chi connectivity index (χ2v) is 10.4. The van der Waals surface area contributed by atoms with Crippen molar-refractivity contribution >= 4 is 15.7 Å². The molecule has 0 radical (unpaired) electrons. The van der Waals surface area contributed by atoms with E-state index >= 15 is 0 Å². The number of hydrogen-bond donors (Lipinski definition) is 0. The molecule has 0 unspecified atom stereocenters. The Labute approximate surface area is 198 Å². The van der Waals surface area contributed by atoms with Gasteiger partial charge in [0.2, 0.25) is 21.7 Å². The molecule has 1 saturated heterocycles. The summed E-state index contributed by atoms with van der Waals surface area (Å²) in [7, 11) is -3.48. The van der Waals surface area contributed by atoms with Gasteiger partial charge in [-0.05, 0) is 25.5 Å². The van der Waals surface area contributed by atoms with Gasteiger partial charge < -0.3 is 9.42 Å². The van der Waals surface area contributed by atoms with Crippen molar-refractivity contribution < 1.29 is 17.9 Å². The zero-order valence-electron chi connectivity index (χ0n) is 19.0. The fraction of sp³-hybridized carbons (Fsp3) is 0.391. The number of nitro benzene ring substituents is 1. The third-order valence-electron chi connectivity index (χ3n) is 5.86. The Balaban J connectivity index is 1.22. The van der Waals surface area contributed by atoms with E-state index in [-0.39, 0.29) is 11.4 Å². The van der Waals surface area contributed by atoms with Crippen molar-refractivity contribution in [1.82, 2.24) is 19.3 Å². The number of aromatic nitrogens is 2. The predicted molar refractivity (Wildman–Crippen MR) is 127 cm³/mol. The number of nitrogens with zero attached hydrogens (tertiary/aromatic N) is 5. The molecule has 0 saturated carbocycles. The molecule has 0 atom stereocenters. The topological polar surface area (TPSA) is 123 Å². The van der Waals surface area contributed by atoms with Crippen LogP contribution in [0.25, 0.3) is 11.4 Å². The third kappa shape index (κ3) is 6.04. The monoisotopic (exact) mass is 485 g/mol. The summed E-state index contributed by atoms with van der Waals surface area (Å²) in [4.78, 5) is 17.0. The molecule has 0 N–H and O–H groups in total. The lowest BCUT2D eigenvalue weighted by atomic mass is 10.1. The van der Waals surface area contributed by atoms with E-state index in [0.717, 1.165) is 18.5 Å². The fourth-order valence-corrected chi connectivity index (χ4v) is 5.39. The lowest BCUT2D eigenvalue weighted by Gasteiger charge is -2.33.